The summed E-state index contributed by atoms with van der Waals surface area (Å²) >= 11 is 0. The highest BCUT2D eigenvalue weighted by atomic mass is 19.1. The van der Waals surface area contributed by atoms with Gasteiger partial charge >= 0.3 is 0 Å². The van der Waals surface area contributed by atoms with Gasteiger partial charge in [0.05, 0.1) is 11.6 Å². The summed E-state index contributed by atoms with van der Waals surface area (Å²) in [4.78, 5) is 2.60. The van der Waals surface area contributed by atoms with Gasteiger partial charge in [-0.3, -0.25) is 4.90 Å². The molecule has 1 saturated heterocycles. The Kier molecular flexibility index (Phi) is 5.51. The van der Waals surface area contributed by atoms with Crippen LogP contribution in [0, 0.1) is 29.0 Å². The van der Waals surface area contributed by atoms with Crippen molar-refractivity contribution in [3.05, 3.63) is 71.0 Å². The number of benzene rings is 2. The summed E-state index contributed by atoms with van der Waals surface area (Å²) in [5.74, 6) is 0.781. The van der Waals surface area contributed by atoms with Crippen LogP contribution >= 0.6 is 0 Å². The number of hydrogen-bond acceptors (Lipinski definition) is 2. The molecule has 2 unspecified atom stereocenters. The molecule has 2 atom stereocenters. The van der Waals surface area contributed by atoms with Crippen LogP contribution in [0.2, 0.25) is 0 Å². The molecular weight excluding hydrogens is 347 g/mol. The van der Waals surface area contributed by atoms with Crippen LogP contribution in [0.1, 0.15) is 55.7 Å². The van der Waals surface area contributed by atoms with Gasteiger partial charge in [-0.1, -0.05) is 50.1 Å². The molecule has 0 N–H and O–H groups in total. The van der Waals surface area contributed by atoms with Gasteiger partial charge in [-0.15, -0.1) is 0 Å². The summed E-state index contributed by atoms with van der Waals surface area (Å²) in [6, 6.07) is 17.9. The van der Waals surface area contributed by atoms with Crippen molar-refractivity contribution in [1.82, 2.24) is 4.90 Å². The Morgan fingerprint density at radius 3 is 2.46 bits per heavy atom. The Bertz CT molecular complexity index is 841. The molecule has 0 radical (unpaired) electrons. The van der Waals surface area contributed by atoms with Crippen LogP contribution in [0.5, 0.6) is 0 Å². The minimum atomic E-state index is -0.269. The predicted octanol–water partition coefficient (Wildman–Crippen LogP) is 5.67. The molecule has 146 valence electrons. The Labute approximate surface area is 168 Å². The maximum Gasteiger partial charge on any atom is 0.124 e. The lowest BCUT2D eigenvalue weighted by molar-refractivity contribution is -0.0151. The number of halogens is 1. The van der Waals surface area contributed by atoms with Crippen molar-refractivity contribution in [3.8, 4) is 6.07 Å². The monoisotopic (exact) mass is 376 g/mol. The summed E-state index contributed by atoms with van der Waals surface area (Å²) < 4.78 is 14.4. The van der Waals surface area contributed by atoms with Crippen LogP contribution in [0.25, 0.3) is 0 Å². The van der Waals surface area contributed by atoms with Gasteiger partial charge in [0, 0.05) is 25.0 Å². The maximum absolute atomic E-state index is 14.4. The second kappa shape index (κ2) is 8.05. The second-order valence-electron chi connectivity index (χ2n) is 8.64. The standard InChI is InChI=1S/C25H29FN2/c1-2-11-25(23-12-20(15-27)13-24(26)14-23)21-9-6-10-22(25)18-28(17-21)16-19-7-4-3-5-8-19/h3-5,7-8,12-14,21-22H,2,6,9-11,16-18H2,1H3. The first-order valence-corrected chi connectivity index (χ1v) is 10.6. The molecule has 0 amide bonds. The molecule has 2 aromatic rings. The summed E-state index contributed by atoms with van der Waals surface area (Å²) in [5, 5.41) is 9.38. The van der Waals surface area contributed by atoms with Gasteiger partial charge in [0.25, 0.3) is 0 Å². The van der Waals surface area contributed by atoms with Crippen molar-refractivity contribution in [3.63, 3.8) is 0 Å². The van der Waals surface area contributed by atoms with Crippen molar-refractivity contribution in [2.24, 2.45) is 11.8 Å². The lowest BCUT2D eigenvalue weighted by atomic mass is 9.53. The van der Waals surface area contributed by atoms with Crippen molar-refractivity contribution in [2.75, 3.05) is 13.1 Å². The smallest absolute Gasteiger partial charge is 0.124 e. The molecule has 2 bridgehead atoms. The summed E-state index contributed by atoms with van der Waals surface area (Å²) in [6.07, 6.45) is 5.82. The summed E-state index contributed by atoms with van der Waals surface area (Å²) in [7, 11) is 0. The predicted molar refractivity (Wildman–Crippen MR) is 110 cm³/mol. The van der Waals surface area contributed by atoms with Gasteiger partial charge in [0.1, 0.15) is 5.82 Å². The van der Waals surface area contributed by atoms with E-state index in [1.807, 2.05) is 6.07 Å². The normalized spacial score (nSPS) is 27.3. The van der Waals surface area contributed by atoms with E-state index in [0.717, 1.165) is 38.0 Å². The molecule has 1 saturated carbocycles. The molecule has 2 fully saturated rings. The number of piperidine rings is 1. The number of likely N-dealkylation sites (tertiary alicyclic amines) is 1. The quantitative estimate of drug-likeness (QED) is 0.672. The molecule has 4 rings (SSSR count). The minimum Gasteiger partial charge on any atom is -0.298 e. The zero-order chi connectivity index (χ0) is 19.6. The van der Waals surface area contributed by atoms with Gasteiger partial charge in [0.15, 0.2) is 0 Å². The second-order valence-corrected chi connectivity index (χ2v) is 8.64. The average Bonchev–Trinajstić information content (AvgIpc) is 2.69. The van der Waals surface area contributed by atoms with Gasteiger partial charge in [-0.2, -0.15) is 5.26 Å². The van der Waals surface area contributed by atoms with Crippen LogP contribution in [-0.4, -0.2) is 18.0 Å². The molecule has 2 aliphatic rings. The Balaban J connectivity index is 1.69. The minimum absolute atomic E-state index is 0.00783. The van der Waals surface area contributed by atoms with E-state index in [9.17, 15) is 9.65 Å². The number of rotatable bonds is 5. The van der Waals surface area contributed by atoms with E-state index >= 15 is 0 Å². The summed E-state index contributed by atoms with van der Waals surface area (Å²) in [6.45, 7) is 5.34. The highest BCUT2D eigenvalue weighted by molar-refractivity contribution is 5.39. The van der Waals surface area contributed by atoms with Crippen LogP contribution in [0.4, 0.5) is 4.39 Å². The highest BCUT2D eigenvalue weighted by Crippen LogP contribution is 2.54. The van der Waals surface area contributed by atoms with E-state index in [-0.39, 0.29) is 11.2 Å². The topological polar surface area (TPSA) is 27.0 Å². The molecule has 1 aliphatic heterocycles. The summed E-state index contributed by atoms with van der Waals surface area (Å²) in [5.41, 5.74) is 2.89. The third-order valence-corrected chi connectivity index (χ3v) is 7.00. The molecule has 28 heavy (non-hydrogen) atoms. The molecular formula is C25H29FN2. The largest absolute Gasteiger partial charge is 0.298 e. The van der Waals surface area contributed by atoms with Gasteiger partial charge in [0.2, 0.25) is 0 Å². The Morgan fingerprint density at radius 2 is 1.82 bits per heavy atom. The van der Waals surface area contributed by atoms with Crippen LogP contribution in [-0.2, 0) is 12.0 Å². The molecule has 0 spiro atoms. The molecule has 1 heterocycles. The fourth-order valence-corrected chi connectivity index (χ4v) is 6.00. The van der Waals surface area contributed by atoms with Crippen molar-refractivity contribution in [1.29, 1.82) is 5.26 Å². The average molecular weight is 377 g/mol. The molecule has 0 aromatic heterocycles. The number of fused-ring (bicyclic) bond motifs is 2. The van der Waals surface area contributed by atoms with Gasteiger partial charge < -0.3 is 0 Å². The highest BCUT2D eigenvalue weighted by Gasteiger charge is 2.51. The SMILES string of the molecule is CCCC1(c2cc(F)cc(C#N)c2)C2CCCC1CN(Cc1ccccc1)C2. The fraction of sp³-hybridized carbons (Fsp3) is 0.480. The first-order chi connectivity index (χ1) is 13.7. The molecule has 1 aliphatic carbocycles. The van der Waals surface area contributed by atoms with E-state index in [1.54, 1.807) is 6.07 Å². The molecule has 2 aromatic carbocycles. The fourth-order valence-electron chi connectivity index (χ4n) is 6.00. The Hall–Kier alpha value is -2.18. The number of nitriles is 1. The van der Waals surface area contributed by atoms with E-state index < -0.39 is 0 Å². The molecule has 2 nitrogen and oxygen atoms in total. The first kappa shape index (κ1) is 19.2. The first-order valence-electron chi connectivity index (χ1n) is 10.6. The van der Waals surface area contributed by atoms with Crippen molar-refractivity contribution in [2.45, 2.75) is 51.0 Å². The van der Waals surface area contributed by atoms with Crippen molar-refractivity contribution >= 4 is 0 Å². The van der Waals surface area contributed by atoms with Crippen LogP contribution < -0.4 is 0 Å². The lowest BCUT2D eigenvalue weighted by Crippen LogP contribution is -2.57. The zero-order valence-corrected chi connectivity index (χ0v) is 16.7. The third kappa shape index (κ3) is 3.47. The molecule has 3 heteroatoms. The van der Waals surface area contributed by atoms with Gasteiger partial charge in [-0.25, -0.2) is 4.39 Å². The van der Waals surface area contributed by atoms with Crippen LogP contribution in [0.3, 0.4) is 0 Å². The van der Waals surface area contributed by atoms with E-state index in [1.165, 1.54) is 30.9 Å². The number of nitrogens with zero attached hydrogens (tertiary/aromatic N) is 2. The van der Waals surface area contributed by atoms with Gasteiger partial charge in [-0.05, 0) is 60.4 Å². The van der Waals surface area contributed by atoms with Crippen LogP contribution in [0.15, 0.2) is 48.5 Å². The van der Waals surface area contributed by atoms with E-state index in [2.05, 4.69) is 48.2 Å². The van der Waals surface area contributed by atoms with E-state index in [4.69, 9.17) is 0 Å². The maximum atomic E-state index is 14.4. The zero-order valence-electron chi connectivity index (χ0n) is 16.7. The lowest BCUT2D eigenvalue weighted by Gasteiger charge is -2.57. The third-order valence-electron chi connectivity index (χ3n) is 7.00. The Morgan fingerprint density at radius 1 is 1.11 bits per heavy atom. The van der Waals surface area contributed by atoms with E-state index in [0.29, 0.717) is 17.4 Å². The number of hydrogen-bond donors (Lipinski definition) is 0. The van der Waals surface area contributed by atoms with Crippen molar-refractivity contribution < 1.29 is 4.39 Å².